The molecule has 4 rings (SSSR count). The van der Waals surface area contributed by atoms with Crippen molar-refractivity contribution in [1.29, 1.82) is 0 Å². The zero-order chi connectivity index (χ0) is 21.8. The van der Waals surface area contributed by atoms with Crippen LogP contribution in [0, 0.1) is 5.41 Å². The quantitative estimate of drug-likeness (QED) is 0.243. The number of thiophene rings is 2. The first-order chi connectivity index (χ1) is 15.1. The predicted molar refractivity (Wildman–Crippen MR) is 127 cm³/mol. The fourth-order valence-corrected chi connectivity index (χ4v) is 5.89. The summed E-state index contributed by atoms with van der Waals surface area (Å²) < 4.78 is 13.2. The van der Waals surface area contributed by atoms with Crippen LogP contribution >= 0.6 is 22.7 Å². The fourth-order valence-electron chi connectivity index (χ4n) is 3.96. The predicted octanol–water partition coefficient (Wildman–Crippen LogP) is 6.01. The normalized spacial score (nSPS) is 11.7. The van der Waals surface area contributed by atoms with Gasteiger partial charge in [-0.25, -0.2) is 0 Å². The Morgan fingerprint density at radius 1 is 0.742 bits per heavy atom. The highest BCUT2D eigenvalue weighted by molar-refractivity contribution is 7.17. The van der Waals surface area contributed by atoms with Gasteiger partial charge in [-0.15, -0.1) is 22.7 Å². The van der Waals surface area contributed by atoms with E-state index in [1.54, 1.807) is 36.5 Å². The molecule has 2 heterocycles. The summed E-state index contributed by atoms with van der Waals surface area (Å²) in [6.07, 6.45) is 0.470. The third kappa shape index (κ3) is 4.10. The molecule has 0 bridgehead atoms. The van der Waals surface area contributed by atoms with E-state index in [-0.39, 0.29) is 26.1 Å². The minimum Gasteiger partial charge on any atom is -0.465 e. The van der Waals surface area contributed by atoms with E-state index in [4.69, 9.17) is 9.47 Å². The largest absolute Gasteiger partial charge is 0.465 e. The second-order valence-corrected chi connectivity index (χ2v) is 9.21. The van der Waals surface area contributed by atoms with Gasteiger partial charge in [0.1, 0.15) is 0 Å². The highest BCUT2D eigenvalue weighted by Gasteiger charge is 2.49. The van der Waals surface area contributed by atoms with E-state index < -0.39 is 17.4 Å². The van der Waals surface area contributed by atoms with Gasteiger partial charge in [0, 0.05) is 22.2 Å². The van der Waals surface area contributed by atoms with Crippen molar-refractivity contribution in [1.82, 2.24) is 0 Å². The van der Waals surface area contributed by atoms with E-state index in [1.807, 2.05) is 59.3 Å². The van der Waals surface area contributed by atoms with Crippen molar-refractivity contribution in [2.75, 3.05) is 13.2 Å². The standard InChI is InChI=1S/C25H24O4S2/c1-3-28-23(26)25(24(27)29-4-2,13-17-15-30-21-11-7-5-9-19(17)21)14-18-16-31-22-12-8-6-10-20(18)22/h5-12,15-16H,3-4,13-14H2,1-2H3. The smallest absolute Gasteiger partial charge is 0.324 e. The SMILES string of the molecule is CCOC(=O)C(Cc1csc2ccccc12)(Cc1csc2ccccc12)C(=O)OCC. The van der Waals surface area contributed by atoms with Gasteiger partial charge in [0.15, 0.2) is 5.41 Å². The molecule has 0 saturated carbocycles. The minimum absolute atomic E-state index is 0.203. The van der Waals surface area contributed by atoms with E-state index in [2.05, 4.69) is 0 Å². The summed E-state index contributed by atoms with van der Waals surface area (Å²) in [4.78, 5) is 26.8. The Hall–Kier alpha value is -2.70. The summed E-state index contributed by atoms with van der Waals surface area (Å²) in [6, 6.07) is 16.1. The molecule has 6 heteroatoms. The van der Waals surface area contributed by atoms with Crippen LogP contribution in [0.1, 0.15) is 25.0 Å². The number of hydrogen-bond donors (Lipinski definition) is 0. The van der Waals surface area contributed by atoms with Crippen LogP contribution in [-0.4, -0.2) is 25.2 Å². The lowest BCUT2D eigenvalue weighted by Gasteiger charge is -2.29. The van der Waals surface area contributed by atoms with Gasteiger partial charge >= 0.3 is 11.9 Å². The Bertz CT molecular complexity index is 1120. The molecule has 4 nitrogen and oxygen atoms in total. The average molecular weight is 453 g/mol. The lowest BCUT2D eigenvalue weighted by molar-refractivity contribution is -0.172. The number of fused-ring (bicyclic) bond motifs is 2. The topological polar surface area (TPSA) is 52.6 Å². The molecular weight excluding hydrogens is 428 g/mol. The molecule has 0 amide bonds. The van der Waals surface area contributed by atoms with Crippen LogP contribution < -0.4 is 0 Å². The first kappa shape index (κ1) is 21.5. The van der Waals surface area contributed by atoms with Crippen molar-refractivity contribution in [3.63, 3.8) is 0 Å². The van der Waals surface area contributed by atoms with Gasteiger partial charge in [0.2, 0.25) is 0 Å². The van der Waals surface area contributed by atoms with Crippen molar-refractivity contribution in [3.8, 4) is 0 Å². The number of hydrogen-bond acceptors (Lipinski definition) is 6. The van der Waals surface area contributed by atoms with Crippen molar-refractivity contribution in [2.24, 2.45) is 5.41 Å². The van der Waals surface area contributed by atoms with E-state index in [9.17, 15) is 9.59 Å². The monoisotopic (exact) mass is 452 g/mol. The van der Waals surface area contributed by atoms with Gasteiger partial charge < -0.3 is 9.47 Å². The lowest BCUT2D eigenvalue weighted by Crippen LogP contribution is -2.45. The maximum absolute atomic E-state index is 13.4. The van der Waals surface area contributed by atoms with Crippen LogP contribution in [0.5, 0.6) is 0 Å². The Kier molecular flexibility index (Phi) is 6.39. The third-order valence-electron chi connectivity index (χ3n) is 5.44. The summed E-state index contributed by atoms with van der Waals surface area (Å²) in [5.41, 5.74) is 0.474. The maximum Gasteiger partial charge on any atom is 0.324 e. The Balaban J connectivity index is 1.84. The van der Waals surface area contributed by atoms with Gasteiger partial charge in [0.05, 0.1) is 13.2 Å². The molecular formula is C25H24O4S2. The molecule has 0 unspecified atom stereocenters. The van der Waals surface area contributed by atoms with Crippen LogP contribution in [0.4, 0.5) is 0 Å². The number of esters is 2. The van der Waals surface area contributed by atoms with E-state index >= 15 is 0 Å². The van der Waals surface area contributed by atoms with Crippen molar-refractivity contribution in [2.45, 2.75) is 26.7 Å². The van der Waals surface area contributed by atoms with Gasteiger partial charge in [-0.3, -0.25) is 9.59 Å². The molecule has 4 aromatic rings. The van der Waals surface area contributed by atoms with Crippen LogP contribution in [0.2, 0.25) is 0 Å². The summed E-state index contributed by atoms with van der Waals surface area (Å²) in [5.74, 6) is -1.06. The molecule has 2 aromatic heterocycles. The molecule has 0 N–H and O–H groups in total. The van der Waals surface area contributed by atoms with Gasteiger partial charge in [0.25, 0.3) is 0 Å². The summed E-state index contributed by atoms with van der Waals surface area (Å²) >= 11 is 3.23. The molecule has 0 spiro atoms. The number of benzene rings is 2. The highest BCUT2D eigenvalue weighted by Crippen LogP contribution is 2.39. The Morgan fingerprint density at radius 3 is 1.58 bits per heavy atom. The Labute approximate surface area is 189 Å². The van der Waals surface area contributed by atoms with Gasteiger partial charge in [-0.05, 0) is 58.6 Å². The Morgan fingerprint density at radius 2 is 1.16 bits per heavy atom. The number of ether oxygens (including phenoxy) is 2. The van der Waals surface area contributed by atoms with Crippen LogP contribution in [-0.2, 0) is 31.9 Å². The number of rotatable bonds is 8. The molecule has 0 fully saturated rings. The molecule has 0 radical (unpaired) electrons. The molecule has 31 heavy (non-hydrogen) atoms. The van der Waals surface area contributed by atoms with Crippen molar-refractivity contribution < 1.29 is 19.1 Å². The molecule has 0 aliphatic rings. The van der Waals surface area contributed by atoms with Gasteiger partial charge in [-0.1, -0.05) is 36.4 Å². The second-order valence-electron chi connectivity index (χ2n) is 7.39. The molecule has 0 aliphatic carbocycles. The van der Waals surface area contributed by atoms with Crippen molar-refractivity contribution >= 4 is 54.8 Å². The average Bonchev–Trinajstić information content (AvgIpc) is 3.38. The maximum atomic E-state index is 13.4. The zero-order valence-electron chi connectivity index (χ0n) is 17.6. The zero-order valence-corrected chi connectivity index (χ0v) is 19.2. The highest BCUT2D eigenvalue weighted by atomic mass is 32.1. The number of carbonyl (C=O) groups excluding carboxylic acids is 2. The molecule has 2 aromatic carbocycles. The van der Waals surface area contributed by atoms with Crippen molar-refractivity contribution in [3.05, 3.63) is 70.4 Å². The van der Waals surface area contributed by atoms with E-state index in [1.165, 1.54) is 0 Å². The van der Waals surface area contributed by atoms with E-state index in [0.29, 0.717) is 0 Å². The van der Waals surface area contributed by atoms with Crippen LogP contribution in [0.15, 0.2) is 59.3 Å². The summed E-state index contributed by atoms with van der Waals surface area (Å²) in [7, 11) is 0. The molecule has 0 aliphatic heterocycles. The van der Waals surface area contributed by atoms with E-state index in [0.717, 1.165) is 31.3 Å². The minimum atomic E-state index is -1.44. The lowest BCUT2D eigenvalue weighted by atomic mass is 9.76. The number of carbonyl (C=O) groups is 2. The molecule has 0 atom stereocenters. The first-order valence-corrected chi connectivity index (χ1v) is 12.1. The third-order valence-corrected chi connectivity index (χ3v) is 7.46. The summed E-state index contributed by atoms with van der Waals surface area (Å²) in [6.45, 7) is 3.92. The molecule has 0 saturated heterocycles. The second kappa shape index (κ2) is 9.20. The van der Waals surface area contributed by atoms with Gasteiger partial charge in [-0.2, -0.15) is 0 Å². The van der Waals surface area contributed by atoms with Crippen LogP contribution in [0.25, 0.3) is 20.2 Å². The first-order valence-electron chi connectivity index (χ1n) is 10.3. The molecule has 160 valence electrons. The van der Waals surface area contributed by atoms with Crippen LogP contribution in [0.3, 0.4) is 0 Å². The summed E-state index contributed by atoms with van der Waals surface area (Å²) in [5, 5.41) is 6.17. The fraction of sp³-hybridized carbons (Fsp3) is 0.280.